The van der Waals surface area contributed by atoms with Crippen LogP contribution < -0.4 is 10.6 Å². The molecule has 1 unspecified atom stereocenters. The number of nitrogens with zero attached hydrogens (tertiary/aromatic N) is 2. The molecule has 0 bridgehead atoms. The fourth-order valence-corrected chi connectivity index (χ4v) is 1.98. The SMILES string of the molecule is CCn1ccnc1CNCC1CCC(=O)N1. The molecular formula is C11H18N4O. The zero-order valence-electron chi connectivity index (χ0n) is 9.57. The van der Waals surface area contributed by atoms with E-state index in [2.05, 4.69) is 27.1 Å². The Bertz CT molecular complexity index is 361. The van der Waals surface area contributed by atoms with Crippen LogP contribution in [0.15, 0.2) is 12.4 Å². The third-order valence-electron chi connectivity index (χ3n) is 2.90. The molecule has 1 aliphatic rings. The van der Waals surface area contributed by atoms with Gasteiger partial charge < -0.3 is 15.2 Å². The fourth-order valence-electron chi connectivity index (χ4n) is 1.98. The van der Waals surface area contributed by atoms with Gasteiger partial charge in [-0.2, -0.15) is 0 Å². The summed E-state index contributed by atoms with van der Waals surface area (Å²) in [5.41, 5.74) is 0. The van der Waals surface area contributed by atoms with Gasteiger partial charge in [0.25, 0.3) is 0 Å². The van der Waals surface area contributed by atoms with Crippen molar-refractivity contribution in [2.24, 2.45) is 0 Å². The van der Waals surface area contributed by atoms with Crippen molar-refractivity contribution in [1.29, 1.82) is 0 Å². The van der Waals surface area contributed by atoms with Gasteiger partial charge in [-0.15, -0.1) is 0 Å². The summed E-state index contributed by atoms with van der Waals surface area (Å²) in [5.74, 6) is 1.22. The highest BCUT2D eigenvalue weighted by Crippen LogP contribution is 2.05. The van der Waals surface area contributed by atoms with Gasteiger partial charge >= 0.3 is 0 Å². The first-order chi connectivity index (χ1) is 7.79. The second kappa shape index (κ2) is 5.12. The monoisotopic (exact) mass is 222 g/mol. The van der Waals surface area contributed by atoms with Gasteiger partial charge in [0, 0.05) is 37.9 Å². The smallest absolute Gasteiger partial charge is 0.220 e. The normalized spacial score (nSPS) is 20.1. The highest BCUT2D eigenvalue weighted by Gasteiger charge is 2.19. The number of hydrogen-bond donors (Lipinski definition) is 2. The molecule has 2 N–H and O–H groups in total. The molecule has 1 aromatic rings. The van der Waals surface area contributed by atoms with Crippen molar-refractivity contribution in [3.8, 4) is 0 Å². The maximum atomic E-state index is 11.0. The number of aryl methyl sites for hydroxylation is 1. The summed E-state index contributed by atoms with van der Waals surface area (Å²) >= 11 is 0. The molecule has 0 aromatic carbocycles. The fraction of sp³-hybridized carbons (Fsp3) is 0.636. The predicted octanol–water partition coefficient (Wildman–Crippen LogP) is 0.271. The Labute approximate surface area is 95.2 Å². The van der Waals surface area contributed by atoms with E-state index in [0.717, 1.165) is 31.9 Å². The van der Waals surface area contributed by atoms with Gasteiger partial charge in [-0.05, 0) is 13.3 Å². The molecule has 1 atom stereocenters. The minimum Gasteiger partial charge on any atom is -0.352 e. The Morgan fingerprint density at radius 3 is 3.25 bits per heavy atom. The van der Waals surface area contributed by atoms with Gasteiger partial charge in [0.1, 0.15) is 5.82 Å². The van der Waals surface area contributed by atoms with Crippen molar-refractivity contribution >= 4 is 5.91 Å². The number of carbonyl (C=O) groups is 1. The lowest BCUT2D eigenvalue weighted by Crippen LogP contribution is -2.35. The number of nitrogens with one attached hydrogen (secondary N) is 2. The third-order valence-corrected chi connectivity index (χ3v) is 2.90. The second-order valence-corrected chi connectivity index (χ2v) is 4.06. The van der Waals surface area contributed by atoms with Crippen molar-refractivity contribution in [2.75, 3.05) is 6.54 Å². The highest BCUT2D eigenvalue weighted by molar-refractivity contribution is 5.78. The molecule has 5 heteroatoms. The largest absolute Gasteiger partial charge is 0.352 e. The lowest BCUT2D eigenvalue weighted by Gasteiger charge is -2.11. The van der Waals surface area contributed by atoms with Gasteiger partial charge in [-0.1, -0.05) is 0 Å². The van der Waals surface area contributed by atoms with Crippen LogP contribution in [0.5, 0.6) is 0 Å². The zero-order valence-corrected chi connectivity index (χ0v) is 9.57. The molecule has 0 saturated carbocycles. The topological polar surface area (TPSA) is 59.0 Å². The Morgan fingerprint density at radius 2 is 2.56 bits per heavy atom. The molecule has 0 radical (unpaired) electrons. The molecule has 1 aromatic heterocycles. The van der Waals surface area contributed by atoms with E-state index in [0.29, 0.717) is 6.42 Å². The Hall–Kier alpha value is -1.36. The molecule has 88 valence electrons. The van der Waals surface area contributed by atoms with E-state index < -0.39 is 0 Å². The lowest BCUT2D eigenvalue weighted by atomic mass is 10.2. The number of rotatable bonds is 5. The average molecular weight is 222 g/mol. The first-order valence-corrected chi connectivity index (χ1v) is 5.79. The number of carbonyl (C=O) groups excluding carboxylic acids is 1. The molecule has 1 amide bonds. The van der Waals surface area contributed by atoms with Crippen LogP contribution in [0.4, 0.5) is 0 Å². The predicted molar refractivity (Wildman–Crippen MR) is 60.8 cm³/mol. The molecule has 1 saturated heterocycles. The van der Waals surface area contributed by atoms with Crippen LogP contribution in [-0.4, -0.2) is 28.0 Å². The average Bonchev–Trinajstić information content (AvgIpc) is 2.87. The first kappa shape index (κ1) is 11.1. The minimum atomic E-state index is 0.168. The van der Waals surface area contributed by atoms with Gasteiger partial charge in [0.2, 0.25) is 5.91 Å². The third kappa shape index (κ3) is 2.61. The van der Waals surface area contributed by atoms with Gasteiger partial charge in [-0.25, -0.2) is 4.98 Å². The number of hydrogen-bond acceptors (Lipinski definition) is 3. The summed E-state index contributed by atoms with van der Waals surface area (Å²) in [4.78, 5) is 15.3. The van der Waals surface area contributed by atoms with E-state index in [1.54, 1.807) is 0 Å². The van der Waals surface area contributed by atoms with Crippen LogP contribution in [0.2, 0.25) is 0 Å². The lowest BCUT2D eigenvalue weighted by molar-refractivity contribution is -0.119. The molecule has 1 aliphatic heterocycles. The van der Waals surface area contributed by atoms with Crippen LogP contribution in [-0.2, 0) is 17.9 Å². The Balaban J connectivity index is 1.74. The molecule has 5 nitrogen and oxygen atoms in total. The van der Waals surface area contributed by atoms with E-state index in [1.807, 2.05) is 12.4 Å². The molecular weight excluding hydrogens is 204 g/mol. The van der Waals surface area contributed by atoms with Crippen molar-refractivity contribution < 1.29 is 4.79 Å². The quantitative estimate of drug-likeness (QED) is 0.752. The minimum absolute atomic E-state index is 0.168. The summed E-state index contributed by atoms with van der Waals surface area (Å²) < 4.78 is 2.11. The van der Waals surface area contributed by atoms with E-state index in [1.165, 1.54) is 0 Å². The molecule has 0 spiro atoms. The highest BCUT2D eigenvalue weighted by atomic mass is 16.1. The van der Waals surface area contributed by atoms with Crippen molar-refractivity contribution in [3.05, 3.63) is 18.2 Å². The summed E-state index contributed by atoms with van der Waals surface area (Å²) in [6.07, 6.45) is 5.40. The molecule has 16 heavy (non-hydrogen) atoms. The number of imidazole rings is 1. The van der Waals surface area contributed by atoms with Crippen LogP contribution in [0.25, 0.3) is 0 Å². The van der Waals surface area contributed by atoms with Crippen molar-refractivity contribution in [2.45, 2.75) is 38.9 Å². The summed E-state index contributed by atoms with van der Waals surface area (Å²) in [7, 11) is 0. The summed E-state index contributed by atoms with van der Waals surface area (Å²) in [6, 6.07) is 0.289. The van der Waals surface area contributed by atoms with Crippen LogP contribution in [0.1, 0.15) is 25.6 Å². The van der Waals surface area contributed by atoms with Crippen LogP contribution >= 0.6 is 0 Å². The molecule has 1 fully saturated rings. The van der Waals surface area contributed by atoms with E-state index in [-0.39, 0.29) is 11.9 Å². The zero-order chi connectivity index (χ0) is 11.4. The van der Waals surface area contributed by atoms with Gasteiger partial charge in [-0.3, -0.25) is 4.79 Å². The van der Waals surface area contributed by atoms with Gasteiger partial charge in [0.15, 0.2) is 0 Å². The van der Waals surface area contributed by atoms with E-state index in [4.69, 9.17) is 0 Å². The first-order valence-electron chi connectivity index (χ1n) is 5.79. The maximum absolute atomic E-state index is 11.0. The maximum Gasteiger partial charge on any atom is 0.220 e. The second-order valence-electron chi connectivity index (χ2n) is 4.06. The molecule has 0 aliphatic carbocycles. The van der Waals surface area contributed by atoms with Gasteiger partial charge in [0.05, 0.1) is 6.54 Å². The summed E-state index contributed by atoms with van der Waals surface area (Å²) in [5, 5.41) is 6.26. The molecule has 2 heterocycles. The number of amides is 1. The van der Waals surface area contributed by atoms with E-state index >= 15 is 0 Å². The Morgan fingerprint density at radius 1 is 1.69 bits per heavy atom. The summed E-state index contributed by atoms with van der Waals surface area (Å²) in [6.45, 7) is 4.62. The number of aromatic nitrogens is 2. The van der Waals surface area contributed by atoms with Crippen LogP contribution in [0, 0.1) is 0 Å². The van der Waals surface area contributed by atoms with Crippen LogP contribution in [0.3, 0.4) is 0 Å². The molecule has 2 rings (SSSR count). The van der Waals surface area contributed by atoms with E-state index in [9.17, 15) is 4.79 Å². The van der Waals surface area contributed by atoms with Crippen molar-refractivity contribution in [3.63, 3.8) is 0 Å². The standard InChI is InChI=1S/C11H18N4O/c1-2-15-6-5-13-10(15)8-12-7-9-3-4-11(16)14-9/h5-6,9,12H,2-4,7-8H2,1H3,(H,14,16). The Kier molecular flexibility index (Phi) is 3.56. The van der Waals surface area contributed by atoms with Crippen molar-refractivity contribution in [1.82, 2.24) is 20.2 Å².